The number of carbonyl (C=O) groups is 1. The molecule has 1 N–H and O–H groups in total. The highest BCUT2D eigenvalue weighted by molar-refractivity contribution is 7.92. The molecule has 1 unspecified atom stereocenters. The number of halogens is 1. The van der Waals surface area contributed by atoms with Crippen LogP contribution in [-0.4, -0.2) is 32.7 Å². The van der Waals surface area contributed by atoms with Crippen molar-refractivity contribution in [3.8, 4) is 0 Å². The molecular weight excluding hydrogens is 300 g/mol. The maximum Gasteiger partial charge on any atom is 0.243 e. The maximum absolute atomic E-state index is 12.0. The zero-order valence-corrected chi connectivity index (χ0v) is 13.5. The predicted octanol–water partition coefficient (Wildman–Crippen LogP) is 2.02. The Kier molecular flexibility index (Phi) is 5.42. The van der Waals surface area contributed by atoms with E-state index in [4.69, 9.17) is 11.6 Å². The van der Waals surface area contributed by atoms with Gasteiger partial charge in [0, 0.05) is 11.1 Å². The molecular formula is C13H19ClN2O3S. The highest BCUT2D eigenvalue weighted by Gasteiger charge is 2.29. The average molecular weight is 319 g/mol. The molecule has 5 nitrogen and oxygen atoms in total. The molecule has 0 saturated heterocycles. The maximum atomic E-state index is 12.0. The summed E-state index contributed by atoms with van der Waals surface area (Å²) in [4.78, 5) is 12.0. The highest BCUT2D eigenvalue weighted by atomic mass is 35.5. The number of carbonyl (C=O) groups excluding carboxylic acids is 1. The molecule has 1 aromatic carbocycles. The molecule has 0 saturated carbocycles. The van der Waals surface area contributed by atoms with E-state index in [1.165, 1.54) is 6.07 Å². The first-order valence-electron chi connectivity index (χ1n) is 6.18. The summed E-state index contributed by atoms with van der Waals surface area (Å²) in [6, 6.07) is 5.48. The van der Waals surface area contributed by atoms with Crippen molar-refractivity contribution in [1.82, 2.24) is 5.32 Å². The van der Waals surface area contributed by atoms with Crippen molar-refractivity contribution in [1.29, 1.82) is 0 Å². The molecule has 1 amide bonds. The molecule has 1 aromatic rings. The Bertz CT molecular complexity index is 587. The number of benzene rings is 1. The van der Waals surface area contributed by atoms with Crippen molar-refractivity contribution in [2.75, 3.05) is 10.6 Å². The monoisotopic (exact) mass is 318 g/mol. The van der Waals surface area contributed by atoms with Crippen molar-refractivity contribution >= 4 is 33.2 Å². The zero-order valence-electron chi connectivity index (χ0n) is 11.9. The van der Waals surface area contributed by atoms with Gasteiger partial charge in [-0.3, -0.25) is 9.10 Å². The fourth-order valence-electron chi connectivity index (χ4n) is 1.83. The molecule has 0 aliphatic rings. The number of hydrogen-bond donors (Lipinski definition) is 1. The lowest BCUT2D eigenvalue weighted by Crippen LogP contribution is -2.49. The quantitative estimate of drug-likeness (QED) is 0.903. The number of rotatable bonds is 5. The minimum Gasteiger partial charge on any atom is -0.352 e. The van der Waals surface area contributed by atoms with Gasteiger partial charge >= 0.3 is 0 Å². The van der Waals surface area contributed by atoms with Gasteiger partial charge in [0.25, 0.3) is 0 Å². The first kappa shape index (κ1) is 16.8. The van der Waals surface area contributed by atoms with Crippen molar-refractivity contribution in [3.05, 3.63) is 29.3 Å². The zero-order chi connectivity index (χ0) is 15.5. The van der Waals surface area contributed by atoms with Gasteiger partial charge < -0.3 is 5.32 Å². The molecule has 112 valence electrons. The molecule has 1 rings (SSSR count). The minimum absolute atomic E-state index is 0.0641. The number of amides is 1. The molecule has 0 bridgehead atoms. The standard InChI is InChI=1S/C13H19ClN2O3S/c1-9(2)15-13(17)10(3)16(20(4,18)19)12-7-5-6-11(14)8-12/h5-10H,1-4H3,(H,15,17). The smallest absolute Gasteiger partial charge is 0.243 e. The van der Waals surface area contributed by atoms with Crippen LogP contribution in [0.15, 0.2) is 24.3 Å². The Hall–Kier alpha value is -1.27. The van der Waals surface area contributed by atoms with Gasteiger partial charge in [-0.15, -0.1) is 0 Å². The van der Waals surface area contributed by atoms with Crippen LogP contribution in [0, 0.1) is 0 Å². The van der Waals surface area contributed by atoms with Crippen LogP contribution in [0.25, 0.3) is 0 Å². The molecule has 0 spiro atoms. The van der Waals surface area contributed by atoms with Crippen molar-refractivity contribution in [3.63, 3.8) is 0 Å². The van der Waals surface area contributed by atoms with E-state index in [1.54, 1.807) is 25.1 Å². The van der Waals surface area contributed by atoms with Crippen LogP contribution in [0.4, 0.5) is 5.69 Å². The molecule has 0 aliphatic heterocycles. The average Bonchev–Trinajstić information content (AvgIpc) is 2.26. The third-order valence-corrected chi connectivity index (χ3v) is 4.06. The van der Waals surface area contributed by atoms with Crippen molar-refractivity contribution < 1.29 is 13.2 Å². The number of hydrogen-bond acceptors (Lipinski definition) is 3. The van der Waals surface area contributed by atoms with Crippen LogP contribution < -0.4 is 9.62 Å². The topological polar surface area (TPSA) is 66.5 Å². The second kappa shape index (κ2) is 6.45. The van der Waals surface area contributed by atoms with Crippen molar-refractivity contribution in [2.45, 2.75) is 32.9 Å². The van der Waals surface area contributed by atoms with Gasteiger partial charge in [-0.2, -0.15) is 0 Å². The fourth-order valence-corrected chi connectivity index (χ4v) is 3.18. The lowest BCUT2D eigenvalue weighted by atomic mass is 10.2. The van der Waals surface area contributed by atoms with Crippen LogP contribution in [0.1, 0.15) is 20.8 Å². The molecule has 20 heavy (non-hydrogen) atoms. The Labute approximate surface area is 125 Å². The van der Waals surface area contributed by atoms with E-state index in [0.29, 0.717) is 10.7 Å². The molecule has 0 fully saturated rings. The molecule has 0 radical (unpaired) electrons. The van der Waals surface area contributed by atoms with E-state index in [2.05, 4.69) is 5.32 Å². The van der Waals surface area contributed by atoms with E-state index in [0.717, 1.165) is 10.6 Å². The number of sulfonamides is 1. The second-order valence-corrected chi connectivity index (χ2v) is 7.17. The highest BCUT2D eigenvalue weighted by Crippen LogP contribution is 2.24. The Balaban J connectivity index is 3.18. The van der Waals surface area contributed by atoms with E-state index < -0.39 is 16.1 Å². The van der Waals surface area contributed by atoms with Gasteiger partial charge in [0.05, 0.1) is 11.9 Å². The lowest BCUT2D eigenvalue weighted by Gasteiger charge is -2.28. The van der Waals surface area contributed by atoms with Gasteiger partial charge in [-0.05, 0) is 39.0 Å². The summed E-state index contributed by atoms with van der Waals surface area (Å²) in [5, 5.41) is 3.11. The van der Waals surface area contributed by atoms with E-state index in [1.807, 2.05) is 13.8 Å². The predicted molar refractivity (Wildman–Crippen MR) is 81.5 cm³/mol. The summed E-state index contributed by atoms with van der Waals surface area (Å²) in [7, 11) is -3.60. The van der Waals surface area contributed by atoms with Gasteiger partial charge in [-0.25, -0.2) is 8.42 Å². The summed E-state index contributed by atoms with van der Waals surface area (Å²) in [5.74, 6) is -0.356. The third-order valence-electron chi connectivity index (χ3n) is 2.58. The number of nitrogens with zero attached hydrogens (tertiary/aromatic N) is 1. The van der Waals surface area contributed by atoms with Crippen LogP contribution in [-0.2, 0) is 14.8 Å². The Morgan fingerprint density at radius 2 is 1.90 bits per heavy atom. The lowest BCUT2D eigenvalue weighted by molar-refractivity contribution is -0.122. The van der Waals surface area contributed by atoms with E-state index in [-0.39, 0.29) is 11.9 Å². The largest absolute Gasteiger partial charge is 0.352 e. The molecule has 7 heteroatoms. The first-order chi connectivity index (χ1) is 9.12. The molecule has 0 heterocycles. The van der Waals surface area contributed by atoms with E-state index >= 15 is 0 Å². The summed E-state index contributed by atoms with van der Waals surface area (Å²) in [6.07, 6.45) is 1.06. The van der Waals surface area contributed by atoms with Crippen LogP contribution in [0.5, 0.6) is 0 Å². The van der Waals surface area contributed by atoms with Crippen LogP contribution >= 0.6 is 11.6 Å². The van der Waals surface area contributed by atoms with Gasteiger partial charge in [-0.1, -0.05) is 17.7 Å². The van der Waals surface area contributed by atoms with Gasteiger partial charge in [0.15, 0.2) is 0 Å². The summed E-state index contributed by atoms with van der Waals surface area (Å²) in [6.45, 7) is 5.17. The fraction of sp³-hybridized carbons (Fsp3) is 0.462. The van der Waals surface area contributed by atoms with Crippen molar-refractivity contribution in [2.24, 2.45) is 0 Å². The second-order valence-electron chi connectivity index (χ2n) is 4.88. The summed E-state index contributed by atoms with van der Waals surface area (Å²) >= 11 is 5.89. The normalized spacial score (nSPS) is 13.1. The number of nitrogens with one attached hydrogen (secondary N) is 1. The third kappa shape index (κ3) is 4.38. The van der Waals surface area contributed by atoms with Crippen LogP contribution in [0.2, 0.25) is 5.02 Å². The SMILES string of the molecule is CC(C)NC(=O)C(C)N(c1cccc(Cl)c1)S(C)(=O)=O. The Morgan fingerprint density at radius 3 is 2.35 bits per heavy atom. The minimum atomic E-state index is -3.60. The first-order valence-corrected chi connectivity index (χ1v) is 8.41. The van der Waals surface area contributed by atoms with Crippen LogP contribution in [0.3, 0.4) is 0 Å². The van der Waals surface area contributed by atoms with Gasteiger partial charge in [0.2, 0.25) is 15.9 Å². The number of anilines is 1. The van der Waals surface area contributed by atoms with Gasteiger partial charge in [0.1, 0.15) is 6.04 Å². The summed E-state index contributed by atoms with van der Waals surface area (Å²) in [5.41, 5.74) is 0.367. The Morgan fingerprint density at radius 1 is 1.30 bits per heavy atom. The molecule has 0 aliphatic carbocycles. The molecule has 0 aromatic heterocycles. The summed E-state index contributed by atoms with van der Waals surface area (Å²) < 4.78 is 25.0. The molecule has 1 atom stereocenters. The van der Waals surface area contributed by atoms with E-state index in [9.17, 15) is 13.2 Å².